The van der Waals surface area contributed by atoms with Crippen molar-refractivity contribution in [1.29, 1.82) is 5.26 Å². The van der Waals surface area contributed by atoms with Crippen LogP contribution in [-0.2, 0) is 6.54 Å². The maximum Gasteiger partial charge on any atom is 0.136 e. The summed E-state index contributed by atoms with van der Waals surface area (Å²) in [4.78, 5) is 0. The summed E-state index contributed by atoms with van der Waals surface area (Å²) in [5, 5.41) is 12.6. The van der Waals surface area contributed by atoms with E-state index in [1.165, 1.54) is 12.8 Å². The Morgan fingerprint density at radius 2 is 2.17 bits per heavy atom. The van der Waals surface area contributed by atoms with Crippen LogP contribution in [0.25, 0.3) is 0 Å². The standard InChI is InChI=1S/C15H20N2O/c1-15(2,13-5-6-13)17-10-11-4-7-14(18-3)12(8-11)9-16/h4,7-8,13,17H,5-6,10H2,1-3H3. The highest BCUT2D eigenvalue weighted by atomic mass is 16.5. The number of hydrogen-bond acceptors (Lipinski definition) is 3. The van der Waals surface area contributed by atoms with E-state index in [4.69, 9.17) is 10.00 Å². The van der Waals surface area contributed by atoms with Crippen molar-refractivity contribution < 1.29 is 4.74 Å². The number of nitrogens with zero attached hydrogens (tertiary/aromatic N) is 1. The Balaban J connectivity index is 2.04. The second-order valence-electron chi connectivity index (χ2n) is 5.50. The Kier molecular flexibility index (Phi) is 3.58. The summed E-state index contributed by atoms with van der Waals surface area (Å²) >= 11 is 0. The normalized spacial score (nSPS) is 15.2. The highest BCUT2D eigenvalue weighted by Crippen LogP contribution is 2.39. The van der Waals surface area contributed by atoms with Gasteiger partial charge in [-0.05, 0) is 50.3 Å². The summed E-state index contributed by atoms with van der Waals surface area (Å²) in [6.45, 7) is 5.29. The Labute approximate surface area is 109 Å². The fourth-order valence-corrected chi connectivity index (χ4v) is 2.23. The zero-order chi connectivity index (χ0) is 13.2. The lowest BCUT2D eigenvalue weighted by molar-refractivity contribution is 0.339. The lowest BCUT2D eigenvalue weighted by atomic mass is 9.98. The van der Waals surface area contributed by atoms with E-state index in [0.717, 1.165) is 18.0 Å². The predicted molar refractivity (Wildman–Crippen MR) is 71.4 cm³/mol. The van der Waals surface area contributed by atoms with Crippen molar-refractivity contribution in [2.75, 3.05) is 7.11 Å². The molecule has 0 heterocycles. The van der Waals surface area contributed by atoms with E-state index in [-0.39, 0.29) is 5.54 Å². The molecule has 0 saturated heterocycles. The highest BCUT2D eigenvalue weighted by Gasteiger charge is 2.37. The Morgan fingerprint density at radius 3 is 2.72 bits per heavy atom. The molecule has 3 heteroatoms. The van der Waals surface area contributed by atoms with Crippen molar-refractivity contribution in [1.82, 2.24) is 5.32 Å². The summed E-state index contributed by atoms with van der Waals surface area (Å²) in [6.07, 6.45) is 2.65. The van der Waals surface area contributed by atoms with E-state index in [1.807, 2.05) is 18.2 Å². The molecule has 0 spiro atoms. The zero-order valence-corrected chi connectivity index (χ0v) is 11.3. The zero-order valence-electron chi connectivity index (χ0n) is 11.3. The van der Waals surface area contributed by atoms with Crippen molar-refractivity contribution in [3.8, 4) is 11.8 Å². The minimum Gasteiger partial charge on any atom is -0.495 e. The average Bonchev–Trinajstić information content (AvgIpc) is 3.20. The van der Waals surface area contributed by atoms with Crippen LogP contribution in [0.5, 0.6) is 5.75 Å². The van der Waals surface area contributed by atoms with Crippen LogP contribution < -0.4 is 10.1 Å². The van der Waals surface area contributed by atoms with E-state index in [1.54, 1.807) is 7.11 Å². The molecule has 1 N–H and O–H groups in total. The van der Waals surface area contributed by atoms with Crippen molar-refractivity contribution in [3.63, 3.8) is 0 Å². The maximum atomic E-state index is 9.05. The smallest absolute Gasteiger partial charge is 0.136 e. The monoisotopic (exact) mass is 244 g/mol. The first-order valence-corrected chi connectivity index (χ1v) is 6.39. The number of nitriles is 1. The largest absolute Gasteiger partial charge is 0.495 e. The molecule has 2 rings (SSSR count). The van der Waals surface area contributed by atoms with Crippen LogP contribution in [0.4, 0.5) is 0 Å². The number of ether oxygens (including phenoxy) is 1. The van der Waals surface area contributed by atoms with Crippen LogP contribution in [0, 0.1) is 17.2 Å². The Morgan fingerprint density at radius 1 is 1.44 bits per heavy atom. The Bertz CT molecular complexity index is 470. The van der Waals surface area contributed by atoms with Gasteiger partial charge in [0, 0.05) is 12.1 Å². The minimum atomic E-state index is 0.187. The minimum absolute atomic E-state index is 0.187. The molecule has 0 radical (unpaired) electrons. The highest BCUT2D eigenvalue weighted by molar-refractivity contribution is 5.45. The molecular formula is C15H20N2O. The van der Waals surface area contributed by atoms with Gasteiger partial charge in [-0.3, -0.25) is 0 Å². The average molecular weight is 244 g/mol. The molecule has 1 saturated carbocycles. The van der Waals surface area contributed by atoms with Gasteiger partial charge in [0.1, 0.15) is 11.8 Å². The van der Waals surface area contributed by atoms with E-state index in [0.29, 0.717) is 11.3 Å². The lowest BCUT2D eigenvalue weighted by Gasteiger charge is -2.26. The van der Waals surface area contributed by atoms with Gasteiger partial charge in [0.2, 0.25) is 0 Å². The van der Waals surface area contributed by atoms with Crippen molar-refractivity contribution in [2.24, 2.45) is 5.92 Å². The molecule has 1 aliphatic carbocycles. The molecule has 0 unspecified atom stereocenters. The van der Waals surface area contributed by atoms with Crippen LogP contribution in [0.2, 0.25) is 0 Å². The van der Waals surface area contributed by atoms with Gasteiger partial charge in [0.15, 0.2) is 0 Å². The molecule has 18 heavy (non-hydrogen) atoms. The van der Waals surface area contributed by atoms with Crippen molar-refractivity contribution in [3.05, 3.63) is 29.3 Å². The van der Waals surface area contributed by atoms with Gasteiger partial charge in [-0.1, -0.05) is 6.07 Å². The molecule has 1 aromatic rings. The first-order chi connectivity index (χ1) is 8.56. The van der Waals surface area contributed by atoms with Gasteiger partial charge in [-0.25, -0.2) is 0 Å². The first-order valence-electron chi connectivity index (χ1n) is 6.39. The summed E-state index contributed by atoms with van der Waals surface area (Å²) in [5.41, 5.74) is 1.91. The molecule has 0 atom stereocenters. The third kappa shape index (κ3) is 2.83. The van der Waals surface area contributed by atoms with Crippen molar-refractivity contribution in [2.45, 2.75) is 38.8 Å². The van der Waals surface area contributed by atoms with Gasteiger partial charge >= 0.3 is 0 Å². The summed E-state index contributed by atoms with van der Waals surface area (Å²) < 4.78 is 5.14. The second-order valence-corrected chi connectivity index (χ2v) is 5.50. The van der Waals surface area contributed by atoms with E-state index < -0.39 is 0 Å². The third-order valence-electron chi connectivity index (χ3n) is 3.73. The second kappa shape index (κ2) is 4.99. The molecule has 0 aromatic heterocycles. The van der Waals surface area contributed by atoms with Crippen LogP contribution in [0.1, 0.15) is 37.8 Å². The van der Waals surface area contributed by atoms with Gasteiger partial charge in [0.25, 0.3) is 0 Å². The summed E-state index contributed by atoms with van der Waals surface area (Å²) in [7, 11) is 1.59. The summed E-state index contributed by atoms with van der Waals surface area (Å²) in [5.74, 6) is 1.44. The molecular weight excluding hydrogens is 224 g/mol. The van der Waals surface area contributed by atoms with E-state index >= 15 is 0 Å². The molecule has 0 aliphatic heterocycles. The van der Waals surface area contributed by atoms with Crippen LogP contribution in [0.15, 0.2) is 18.2 Å². The van der Waals surface area contributed by atoms with E-state index in [2.05, 4.69) is 25.2 Å². The fourth-order valence-electron chi connectivity index (χ4n) is 2.23. The maximum absolute atomic E-state index is 9.05. The molecule has 96 valence electrons. The first kappa shape index (κ1) is 12.9. The van der Waals surface area contributed by atoms with Gasteiger partial charge in [0.05, 0.1) is 12.7 Å². The van der Waals surface area contributed by atoms with Crippen molar-refractivity contribution >= 4 is 0 Å². The number of rotatable bonds is 5. The number of benzene rings is 1. The SMILES string of the molecule is COc1ccc(CNC(C)(C)C2CC2)cc1C#N. The topological polar surface area (TPSA) is 45.0 Å². The quantitative estimate of drug-likeness (QED) is 0.866. The predicted octanol–water partition coefficient (Wildman–Crippen LogP) is 2.85. The van der Waals surface area contributed by atoms with Gasteiger partial charge in [-0.2, -0.15) is 5.26 Å². The molecule has 1 aromatic carbocycles. The Hall–Kier alpha value is -1.53. The van der Waals surface area contributed by atoms with Crippen LogP contribution >= 0.6 is 0 Å². The molecule has 0 bridgehead atoms. The lowest BCUT2D eigenvalue weighted by Crippen LogP contribution is -2.40. The third-order valence-corrected chi connectivity index (χ3v) is 3.73. The molecule has 3 nitrogen and oxygen atoms in total. The number of methoxy groups -OCH3 is 1. The fraction of sp³-hybridized carbons (Fsp3) is 0.533. The van der Waals surface area contributed by atoms with Crippen LogP contribution in [0.3, 0.4) is 0 Å². The van der Waals surface area contributed by atoms with E-state index in [9.17, 15) is 0 Å². The van der Waals surface area contributed by atoms with Crippen LogP contribution in [-0.4, -0.2) is 12.6 Å². The van der Waals surface area contributed by atoms with Gasteiger partial charge < -0.3 is 10.1 Å². The molecule has 0 amide bonds. The molecule has 1 aliphatic rings. The molecule has 1 fully saturated rings. The number of nitrogens with one attached hydrogen (secondary N) is 1. The number of hydrogen-bond donors (Lipinski definition) is 1. The van der Waals surface area contributed by atoms with Gasteiger partial charge in [-0.15, -0.1) is 0 Å². The summed E-state index contributed by atoms with van der Waals surface area (Å²) in [6, 6.07) is 7.93.